The van der Waals surface area contributed by atoms with E-state index in [1.54, 1.807) is 29.9 Å². The Bertz CT molecular complexity index is 1080. The fraction of sp³-hybridized carbons (Fsp3) is 0.150. The quantitative estimate of drug-likeness (QED) is 0.277. The molecule has 0 amide bonds. The van der Waals surface area contributed by atoms with E-state index in [1.165, 1.54) is 15.0 Å². The number of nitrogens with zero attached hydrogens (tertiary/aromatic N) is 3. The van der Waals surface area contributed by atoms with Gasteiger partial charge in [0, 0.05) is 37.6 Å². The molecule has 0 aliphatic rings. The predicted molar refractivity (Wildman–Crippen MR) is 117 cm³/mol. The Morgan fingerprint density at radius 3 is 2.67 bits per heavy atom. The van der Waals surface area contributed by atoms with Gasteiger partial charge in [0.25, 0.3) is 5.09 Å². The lowest BCUT2D eigenvalue weighted by Crippen LogP contribution is -2.12. The molecule has 2 aromatic heterocycles. The van der Waals surface area contributed by atoms with Crippen molar-refractivity contribution in [3.8, 4) is 0 Å². The molecule has 0 spiro atoms. The van der Waals surface area contributed by atoms with Crippen LogP contribution in [-0.2, 0) is 17.9 Å². The maximum Gasteiger partial charge on any atom is 0.291 e. The molecule has 7 nitrogen and oxygen atoms in total. The van der Waals surface area contributed by atoms with Crippen molar-refractivity contribution in [2.45, 2.75) is 19.3 Å². The van der Waals surface area contributed by atoms with Gasteiger partial charge in [0.15, 0.2) is 0 Å². The first-order chi connectivity index (χ1) is 14.4. The summed E-state index contributed by atoms with van der Waals surface area (Å²) in [5, 5.41) is 16.1. The first-order valence-corrected chi connectivity index (χ1v) is 10.3. The fourth-order valence-electron chi connectivity index (χ4n) is 2.88. The Balaban J connectivity index is 0.000000589. The molecule has 2 aromatic carbocycles. The molecule has 0 saturated carbocycles. The van der Waals surface area contributed by atoms with E-state index < -0.39 is 5.09 Å². The summed E-state index contributed by atoms with van der Waals surface area (Å²) >= 11 is 14.2. The molecule has 0 aliphatic heterocycles. The van der Waals surface area contributed by atoms with Gasteiger partial charge in [-0.15, -0.1) is 21.5 Å². The molecule has 0 fully saturated rings. The Hall–Kier alpha value is -2.65. The standard InChI is InChI=1S/C20H16Cl2N2OS.HNO3/c21-15-5-6-17(18(22)10-15)19(11-24-8-7-23-13-24)25-12-16-9-14-3-1-2-4-20(14)26-16;2-1(3)4/h1-10,13,19H,11-12H2;(H,2,3,4). The van der Waals surface area contributed by atoms with Crippen LogP contribution in [0.2, 0.25) is 10.0 Å². The number of thiophene rings is 1. The molecule has 156 valence electrons. The van der Waals surface area contributed by atoms with E-state index in [2.05, 4.69) is 35.3 Å². The van der Waals surface area contributed by atoms with Gasteiger partial charge in [0.2, 0.25) is 0 Å². The van der Waals surface area contributed by atoms with Gasteiger partial charge >= 0.3 is 0 Å². The van der Waals surface area contributed by atoms with Crippen molar-refractivity contribution in [2.24, 2.45) is 0 Å². The minimum absolute atomic E-state index is 0.195. The number of hydrogen-bond donors (Lipinski definition) is 1. The molecule has 1 unspecified atom stereocenters. The molecule has 4 rings (SSSR count). The van der Waals surface area contributed by atoms with Gasteiger partial charge < -0.3 is 14.5 Å². The third-order valence-electron chi connectivity index (χ3n) is 4.15. The second-order valence-electron chi connectivity index (χ2n) is 6.21. The van der Waals surface area contributed by atoms with Crippen molar-refractivity contribution in [1.29, 1.82) is 0 Å². The molecule has 30 heavy (non-hydrogen) atoms. The summed E-state index contributed by atoms with van der Waals surface area (Å²) in [5.74, 6) is 0. The summed E-state index contributed by atoms with van der Waals surface area (Å²) in [6.07, 6.45) is 5.25. The van der Waals surface area contributed by atoms with Gasteiger partial charge in [0.05, 0.1) is 19.5 Å². The smallest absolute Gasteiger partial charge is 0.291 e. The van der Waals surface area contributed by atoms with Crippen molar-refractivity contribution in [2.75, 3.05) is 0 Å². The number of hydrogen-bond acceptors (Lipinski definition) is 5. The van der Waals surface area contributed by atoms with E-state index in [0.717, 1.165) is 5.56 Å². The van der Waals surface area contributed by atoms with Gasteiger partial charge in [-0.3, -0.25) is 0 Å². The van der Waals surface area contributed by atoms with Crippen LogP contribution in [0.3, 0.4) is 0 Å². The Morgan fingerprint density at radius 1 is 1.23 bits per heavy atom. The van der Waals surface area contributed by atoms with Crippen molar-refractivity contribution >= 4 is 44.6 Å². The van der Waals surface area contributed by atoms with Crippen LogP contribution < -0.4 is 0 Å². The molecule has 0 saturated heterocycles. The van der Waals surface area contributed by atoms with Crippen LogP contribution in [-0.4, -0.2) is 19.8 Å². The highest BCUT2D eigenvalue weighted by atomic mass is 35.5. The predicted octanol–water partition coefficient (Wildman–Crippen LogP) is 6.02. The van der Waals surface area contributed by atoms with Crippen molar-refractivity contribution in [1.82, 2.24) is 9.55 Å². The molecule has 1 N–H and O–H groups in total. The number of fused-ring (bicyclic) bond motifs is 1. The Kier molecular flexibility index (Phi) is 7.64. The maximum absolute atomic E-state index is 8.36. The number of halogens is 2. The molecular formula is C20H17Cl2N3O4S. The average Bonchev–Trinajstić information content (AvgIpc) is 3.34. The van der Waals surface area contributed by atoms with Crippen molar-refractivity contribution < 1.29 is 15.0 Å². The summed E-state index contributed by atoms with van der Waals surface area (Å²) in [7, 11) is 0. The average molecular weight is 466 g/mol. The molecule has 4 aromatic rings. The number of imidazole rings is 1. The number of ether oxygens (including phenoxy) is 1. The SMILES string of the molecule is Clc1ccc(C(Cn2ccnc2)OCc2cc3ccccc3s2)c(Cl)c1.O=[N+]([O-])O. The molecule has 0 aliphatic carbocycles. The van der Waals surface area contributed by atoms with E-state index in [-0.39, 0.29) is 6.10 Å². The van der Waals surface area contributed by atoms with Gasteiger partial charge in [0.1, 0.15) is 6.10 Å². The molecule has 1 atom stereocenters. The number of rotatable bonds is 6. The molecule has 0 bridgehead atoms. The van der Waals surface area contributed by atoms with E-state index in [9.17, 15) is 0 Å². The molecular weight excluding hydrogens is 449 g/mol. The van der Waals surface area contributed by atoms with Gasteiger partial charge in [-0.1, -0.05) is 47.5 Å². The van der Waals surface area contributed by atoms with Crippen LogP contribution in [0.5, 0.6) is 0 Å². The number of aromatic nitrogens is 2. The molecule has 2 heterocycles. The summed E-state index contributed by atoms with van der Waals surface area (Å²) < 4.78 is 9.52. The summed E-state index contributed by atoms with van der Waals surface area (Å²) in [5.41, 5.74) is 0.922. The Morgan fingerprint density at radius 2 is 2.00 bits per heavy atom. The molecule has 0 radical (unpaired) electrons. The van der Waals surface area contributed by atoms with Crippen LogP contribution in [0.15, 0.2) is 67.3 Å². The first-order valence-electron chi connectivity index (χ1n) is 8.75. The highest BCUT2D eigenvalue weighted by Gasteiger charge is 2.17. The van der Waals surface area contributed by atoms with Crippen LogP contribution in [0.25, 0.3) is 10.1 Å². The summed E-state index contributed by atoms with van der Waals surface area (Å²) in [4.78, 5) is 13.7. The van der Waals surface area contributed by atoms with E-state index in [4.69, 9.17) is 43.3 Å². The maximum atomic E-state index is 8.36. The lowest BCUT2D eigenvalue weighted by Gasteiger charge is -2.20. The first kappa shape index (κ1) is 22.0. The van der Waals surface area contributed by atoms with Crippen LogP contribution in [0.1, 0.15) is 16.5 Å². The zero-order chi connectivity index (χ0) is 21.5. The van der Waals surface area contributed by atoms with Gasteiger partial charge in [-0.05, 0) is 29.7 Å². The van der Waals surface area contributed by atoms with Crippen LogP contribution in [0.4, 0.5) is 0 Å². The van der Waals surface area contributed by atoms with E-state index in [0.29, 0.717) is 23.2 Å². The monoisotopic (exact) mass is 465 g/mol. The summed E-state index contributed by atoms with van der Waals surface area (Å²) in [6.45, 7) is 1.16. The van der Waals surface area contributed by atoms with Gasteiger partial charge in [-0.2, -0.15) is 0 Å². The molecule has 10 heteroatoms. The number of benzene rings is 2. The topological polar surface area (TPSA) is 90.4 Å². The van der Waals surface area contributed by atoms with E-state index >= 15 is 0 Å². The zero-order valence-corrected chi connectivity index (χ0v) is 17.8. The highest BCUT2D eigenvalue weighted by molar-refractivity contribution is 7.19. The minimum atomic E-state index is -1.50. The van der Waals surface area contributed by atoms with Crippen LogP contribution >= 0.6 is 34.5 Å². The van der Waals surface area contributed by atoms with E-state index in [1.807, 2.05) is 22.9 Å². The lowest BCUT2D eigenvalue weighted by atomic mass is 10.1. The normalized spacial score (nSPS) is 11.7. The second kappa shape index (κ2) is 10.4. The zero-order valence-electron chi connectivity index (χ0n) is 15.5. The van der Waals surface area contributed by atoms with Crippen molar-refractivity contribution in [3.05, 3.63) is 97.9 Å². The third-order valence-corrected chi connectivity index (χ3v) is 5.80. The third kappa shape index (κ3) is 6.17. The fourth-order valence-corrected chi connectivity index (χ4v) is 4.40. The van der Waals surface area contributed by atoms with Crippen molar-refractivity contribution in [3.63, 3.8) is 0 Å². The van der Waals surface area contributed by atoms with Gasteiger partial charge in [-0.25, -0.2) is 4.98 Å². The highest BCUT2D eigenvalue weighted by Crippen LogP contribution is 2.32. The lowest BCUT2D eigenvalue weighted by molar-refractivity contribution is -0.742. The van der Waals surface area contributed by atoms with Crippen LogP contribution in [0, 0.1) is 10.1 Å². The second-order valence-corrected chi connectivity index (χ2v) is 8.23. The largest absolute Gasteiger partial charge is 0.366 e. The minimum Gasteiger partial charge on any atom is -0.366 e. The Labute approximate surface area is 186 Å². The summed E-state index contributed by atoms with van der Waals surface area (Å²) in [6, 6.07) is 16.0.